The summed E-state index contributed by atoms with van der Waals surface area (Å²) in [6.07, 6.45) is 5.33. The van der Waals surface area contributed by atoms with Crippen molar-refractivity contribution in [1.82, 2.24) is 4.90 Å². The number of hydrogen-bond acceptors (Lipinski definition) is 6. The molecule has 8 atom stereocenters. The van der Waals surface area contributed by atoms with Gasteiger partial charge in [0.1, 0.15) is 11.6 Å². The van der Waals surface area contributed by atoms with Crippen molar-refractivity contribution < 1.29 is 24.5 Å². The molecule has 2 N–H and O–H groups in total. The van der Waals surface area contributed by atoms with E-state index >= 15 is 0 Å². The number of hydrogen-bond donors (Lipinski definition) is 2. The lowest BCUT2D eigenvalue weighted by atomic mass is 9.43. The minimum absolute atomic E-state index is 0.00940. The van der Waals surface area contributed by atoms with Crippen LogP contribution in [0, 0.1) is 40.4 Å². The normalized spacial score (nSPS) is 49.1. The SMILES string of the molecule is CC(=O)[C@H]1CC[C@H]2[C@@H]3CC[C@H]4CC(O)(O)[C@@H](N5CCOC(C)(C)C5)C[C@]4(C)[C@H]3C(=O)C[C@]12C. The van der Waals surface area contributed by atoms with E-state index in [1.165, 1.54) is 0 Å². The Bertz CT molecular complexity index is 838. The van der Waals surface area contributed by atoms with Gasteiger partial charge in [-0.2, -0.15) is 0 Å². The van der Waals surface area contributed by atoms with Gasteiger partial charge < -0.3 is 14.9 Å². The molecule has 0 bridgehead atoms. The van der Waals surface area contributed by atoms with Crippen molar-refractivity contribution in [3.8, 4) is 0 Å². The van der Waals surface area contributed by atoms with E-state index in [0.29, 0.717) is 56.6 Å². The molecule has 0 spiro atoms. The molecule has 1 aliphatic heterocycles. The third-order valence-corrected chi connectivity index (χ3v) is 10.8. The van der Waals surface area contributed by atoms with Gasteiger partial charge in [0, 0.05) is 37.8 Å². The molecule has 1 saturated heterocycles. The third-order valence-electron chi connectivity index (χ3n) is 10.8. The molecule has 0 aromatic rings. The summed E-state index contributed by atoms with van der Waals surface area (Å²) in [5, 5.41) is 22.4. The van der Waals surface area contributed by atoms with Crippen molar-refractivity contribution in [2.24, 2.45) is 40.4 Å². The minimum atomic E-state index is -1.75. The maximum atomic E-state index is 13.9. The fourth-order valence-corrected chi connectivity index (χ4v) is 9.50. The molecular formula is C27H43NO5. The van der Waals surface area contributed by atoms with E-state index in [2.05, 4.69) is 32.6 Å². The number of Topliss-reactive ketones (excluding diaryl/α,β-unsaturated/α-hetero) is 2. The van der Waals surface area contributed by atoms with Gasteiger partial charge in [0.25, 0.3) is 0 Å². The van der Waals surface area contributed by atoms with Crippen molar-refractivity contribution in [3.63, 3.8) is 0 Å². The van der Waals surface area contributed by atoms with E-state index in [1.54, 1.807) is 6.92 Å². The molecule has 0 unspecified atom stereocenters. The number of carbonyl (C=O) groups excluding carboxylic acids is 2. The summed E-state index contributed by atoms with van der Waals surface area (Å²) < 4.78 is 5.89. The predicted molar refractivity (Wildman–Crippen MR) is 124 cm³/mol. The first-order valence-corrected chi connectivity index (χ1v) is 13.1. The highest BCUT2D eigenvalue weighted by molar-refractivity contribution is 5.87. The van der Waals surface area contributed by atoms with Crippen LogP contribution in [0.1, 0.15) is 79.6 Å². The number of ketones is 2. The van der Waals surface area contributed by atoms with Crippen molar-refractivity contribution >= 4 is 11.6 Å². The summed E-state index contributed by atoms with van der Waals surface area (Å²) >= 11 is 0. The molecule has 5 aliphatic rings. The van der Waals surface area contributed by atoms with Gasteiger partial charge in [-0.25, -0.2) is 0 Å². The number of carbonyl (C=O) groups is 2. The van der Waals surface area contributed by atoms with E-state index in [0.717, 1.165) is 25.7 Å². The van der Waals surface area contributed by atoms with Crippen LogP contribution < -0.4 is 0 Å². The summed E-state index contributed by atoms with van der Waals surface area (Å²) in [5.74, 6) is -0.340. The first kappa shape index (κ1) is 23.9. The monoisotopic (exact) mass is 461 g/mol. The Morgan fingerprint density at radius 1 is 1.03 bits per heavy atom. The Morgan fingerprint density at radius 2 is 1.76 bits per heavy atom. The van der Waals surface area contributed by atoms with Gasteiger partial charge in [-0.3, -0.25) is 14.5 Å². The van der Waals surface area contributed by atoms with Crippen LogP contribution in [-0.2, 0) is 14.3 Å². The molecule has 1 heterocycles. The molecule has 6 heteroatoms. The van der Waals surface area contributed by atoms with E-state index in [4.69, 9.17) is 4.74 Å². The molecule has 0 radical (unpaired) electrons. The Hall–Kier alpha value is -0.820. The molecule has 0 amide bonds. The molecule has 0 aromatic carbocycles. The summed E-state index contributed by atoms with van der Waals surface area (Å²) in [6, 6.07) is -0.393. The third kappa shape index (κ3) is 3.57. The lowest BCUT2D eigenvalue weighted by Gasteiger charge is -2.63. The molecule has 5 rings (SSSR count). The highest BCUT2D eigenvalue weighted by Gasteiger charge is 2.66. The van der Waals surface area contributed by atoms with E-state index in [9.17, 15) is 19.8 Å². The summed E-state index contributed by atoms with van der Waals surface area (Å²) in [5.41, 5.74) is -0.764. The van der Waals surface area contributed by atoms with Gasteiger partial charge in [0.05, 0.1) is 18.2 Å². The summed E-state index contributed by atoms with van der Waals surface area (Å²) in [6.45, 7) is 12.2. The molecule has 6 nitrogen and oxygen atoms in total. The number of ether oxygens (including phenoxy) is 1. The maximum absolute atomic E-state index is 13.9. The molecule has 186 valence electrons. The Labute approximate surface area is 198 Å². The predicted octanol–water partition coefficient (Wildman–Crippen LogP) is 3.18. The number of rotatable bonds is 2. The maximum Gasteiger partial charge on any atom is 0.178 e. The molecule has 4 aliphatic carbocycles. The zero-order chi connectivity index (χ0) is 24.0. The smallest absolute Gasteiger partial charge is 0.178 e. The van der Waals surface area contributed by atoms with Gasteiger partial charge in [-0.1, -0.05) is 13.8 Å². The summed E-state index contributed by atoms with van der Waals surface area (Å²) in [7, 11) is 0. The van der Waals surface area contributed by atoms with Crippen LogP contribution in [0.2, 0.25) is 0 Å². The molecule has 4 saturated carbocycles. The van der Waals surface area contributed by atoms with Crippen LogP contribution in [0.25, 0.3) is 0 Å². The lowest BCUT2D eigenvalue weighted by Crippen LogP contribution is -2.67. The Balaban J connectivity index is 1.47. The molecular weight excluding hydrogens is 418 g/mol. The number of morpholine rings is 1. The average Bonchev–Trinajstić information content (AvgIpc) is 3.03. The van der Waals surface area contributed by atoms with Crippen molar-refractivity contribution in [2.45, 2.75) is 97.0 Å². The first-order chi connectivity index (χ1) is 15.3. The fraction of sp³-hybridized carbons (Fsp3) is 0.926. The number of aliphatic hydroxyl groups is 2. The highest BCUT2D eigenvalue weighted by atomic mass is 16.5. The van der Waals surface area contributed by atoms with Gasteiger partial charge in [-0.15, -0.1) is 0 Å². The Morgan fingerprint density at radius 3 is 2.42 bits per heavy atom. The van der Waals surface area contributed by atoms with Gasteiger partial charge >= 0.3 is 0 Å². The fourth-order valence-electron chi connectivity index (χ4n) is 9.50. The van der Waals surface area contributed by atoms with Gasteiger partial charge in [0.2, 0.25) is 0 Å². The first-order valence-electron chi connectivity index (χ1n) is 13.1. The van der Waals surface area contributed by atoms with Crippen LogP contribution in [0.5, 0.6) is 0 Å². The number of fused-ring (bicyclic) bond motifs is 5. The van der Waals surface area contributed by atoms with E-state index in [-0.39, 0.29) is 40.0 Å². The topological polar surface area (TPSA) is 87.1 Å². The summed E-state index contributed by atoms with van der Waals surface area (Å²) in [4.78, 5) is 28.5. The minimum Gasteiger partial charge on any atom is -0.373 e. The standard InChI is InChI=1S/C27H43NO5/c1-16(29)19-8-9-20-18-7-6-17-12-27(31,32)22(28-10-11-33-24(2,3)15-28)14-25(17,4)23(18)21(30)13-26(19,20)5/h17-20,22-23,31-32H,6-15H2,1-5H3/t17-,18-,19+,20-,22-,23+,25-,26+/m0/s1. The average molecular weight is 462 g/mol. The van der Waals surface area contributed by atoms with Crippen LogP contribution in [0.3, 0.4) is 0 Å². The quantitative estimate of drug-likeness (QED) is 0.614. The molecule has 5 fully saturated rings. The van der Waals surface area contributed by atoms with Crippen LogP contribution in [0.15, 0.2) is 0 Å². The number of nitrogens with zero attached hydrogens (tertiary/aromatic N) is 1. The van der Waals surface area contributed by atoms with Crippen molar-refractivity contribution in [3.05, 3.63) is 0 Å². The largest absolute Gasteiger partial charge is 0.373 e. The molecule has 33 heavy (non-hydrogen) atoms. The van der Waals surface area contributed by atoms with E-state index < -0.39 is 11.8 Å². The van der Waals surface area contributed by atoms with Gasteiger partial charge in [0.15, 0.2) is 5.79 Å². The van der Waals surface area contributed by atoms with Crippen LogP contribution in [0.4, 0.5) is 0 Å². The molecule has 0 aromatic heterocycles. The zero-order valence-electron chi connectivity index (χ0n) is 21.1. The van der Waals surface area contributed by atoms with E-state index in [1.807, 2.05) is 0 Å². The van der Waals surface area contributed by atoms with Crippen molar-refractivity contribution in [1.29, 1.82) is 0 Å². The van der Waals surface area contributed by atoms with Crippen molar-refractivity contribution in [2.75, 3.05) is 19.7 Å². The Kier molecular flexibility index (Phi) is 5.50. The second-order valence-corrected chi connectivity index (χ2v) is 13.3. The van der Waals surface area contributed by atoms with Crippen LogP contribution in [-0.4, -0.2) is 63.8 Å². The lowest BCUT2D eigenvalue weighted by molar-refractivity contribution is -0.275. The zero-order valence-corrected chi connectivity index (χ0v) is 21.1. The van der Waals surface area contributed by atoms with Gasteiger partial charge in [-0.05, 0) is 81.5 Å². The second-order valence-electron chi connectivity index (χ2n) is 13.3. The van der Waals surface area contributed by atoms with Crippen LogP contribution >= 0.6 is 0 Å². The highest BCUT2D eigenvalue weighted by Crippen LogP contribution is 2.67. The second kappa shape index (κ2) is 7.59.